The summed E-state index contributed by atoms with van der Waals surface area (Å²) in [7, 11) is 1.62. The molecule has 0 bridgehead atoms. The fraction of sp³-hybridized carbons (Fsp3) is 0.889. The third-order valence-corrected chi connectivity index (χ3v) is 1.45. The Morgan fingerprint density at radius 2 is 2.00 bits per heavy atom. The summed E-state index contributed by atoms with van der Waals surface area (Å²) in [5.41, 5.74) is 0.212. The number of carbonyl (C=O) groups excluding carboxylic acids is 1. The minimum Gasteiger partial charge on any atom is -0.384 e. The molecule has 0 radical (unpaired) electrons. The second-order valence-electron chi connectivity index (χ2n) is 4.12. The third-order valence-electron chi connectivity index (χ3n) is 1.45. The molecule has 66 valence electrons. The molecule has 0 saturated carbocycles. The van der Waals surface area contributed by atoms with Gasteiger partial charge in [-0.15, -0.1) is 0 Å². The van der Waals surface area contributed by atoms with Crippen molar-refractivity contribution in [3.63, 3.8) is 0 Å². The van der Waals surface area contributed by atoms with Crippen molar-refractivity contribution in [2.45, 2.75) is 27.2 Å². The van der Waals surface area contributed by atoms with Crippen molar-refractivity contribution in [3.05, 3.63) is 0 Å². The quantitative estimate of drug-likeness (QED) is 0.584. The van der Waals surface area contributed by atoms with E-state index in [2.05, 4.69) is 20.8 Å². The van der Waals surface area contributed by atoms with Gasteiger partial charge in [-0.3, -0.25) is 0 Å². The van der Waals surface area contributed by atoms with Crippen molar-refractivity contribution in [2.75, 3.05) is 13.7 Å². The second kappa shape index (κ2) is 4.50. The first-order chi connectivity index (χ1) is 4.99. The van der Waals surface area contributed by atoms with Crippen molar-refractivity contribution in [1.82, 2.24) is 0 Å². The SMILES string of the molecule is COCC(C=O)CC(C)(C)C. The van der Waals surface area contributed by atoms with Crippen LogP contribution < -0.4 is 0 Å². The molecule has 1 atom stereocenters. The molecule has 0 aliphatic carbocycles. The van der Waals surface area contributed by atoms with Crippen LogP contribution in [0.2, 0.25) is 0 Å². The van der Waals surface area contributed by atoms with E-state index in [1.54, 1.807) is 7.11 Å². The molecule has 0 aromatic heterocycles. The number of carbonyl (C=O) groups is 1. The first-order valence-corrected chi connectivity index (χ1v) is 3.94. The van der Waals surface area contributed by atoms with Gasteiger partial charge in [-0.05, 0) is 11.8 Å². The summed E-state index contributed by atoms with van der Waals surface area (Å²) in [4.78, 5) is 10.5. The zero-order valence-corrected chi connectivity index (χ0v) is 7.89. The minimum atomic E-state index is 0.0556. The van der Waals surface area contributed by atoms with Gasteiger partial charge in [-0.25, -0.2) is 0 Å². The lowest BCUT2D eigenvalue weighted by Gasteiger charge is -2.21. The summed E-state index contributed by atoms with van der Waals surface area (Å²) in [5.74, 6) is 0.0556. The highest BCUT2D eigenvalue weighted by atomic mass is 16.5. The average Bonchev–Trinajstić information content (AvgIpc) is 1.84. The van der Waals surface area contributed by atoms with Gasteiger partial charge >= 0.3 is 0 Å². The van der Waals surface area contributed by atoms with Crippen molar-refractivity contribution in [1.29, 1.82) is 0 Å². The zero-order chi connectivity index (χ0) is 8.91. The molecule has 0 rings (SSSR count). The largest absolute Gasteiger partial charge is 0.384 e. The zero-order valence-electron chi connectivity index (χ0n) is 7.89. The molecule has 0 fully saturated rings. The molecule has 0 spiro atoms. The Balaban J connectivity index is 3.77. The molecule has 2 heteroatoms. The van der Waals surface area contributed by atoms with Gasteiger partial charge in [0.05, 0.1) is 6.61 Å². The van der Waals surface area contributed by atoms with E-state index in [0.717, 1.165) is 12.7 Å². The predicted octanol–water partition coefficient (Wildman–Crippen LogP) is 1.88. The van der Waals surface area contributed by atoms with Crippen molar-refractivity contribution in [3.8, 4) is 0 Å². The van der Waals surface area contributed by atoms with Gasteiger partial charge in [-0.2, -0.15) is 0 Å². The molecule has 1 unspecified atom stereocenters. The smallest absolute Gasteiger partial charge is 0.125 e. The maximum atomic E-state index is 10.5. The van der Waals surface area contributed by atoms with Crippen molar-refractivity contribution >= 4 is 6.29 Å². The maximum Gasteiger partial charge on any atom is 0.125 e. The van der Waals surface area contributed by atoms with E-state index in [1.165, 1.54) is 0 Å². The summed E-state index contributed by atoms with van der Waals surface area (Å²) < 4.78 is 4.91. The van der Waals surface area contributed by atoms with E-state index >= 15 is 0 Å². The number of hydrogen-bond acceptors (Lipinski definition) is 2. The monoisotopic (exact) mass is 158 g/mol. The Morgan fingerprint density at radius 3 is 2.27 bits per heavy atom. The Bertz CT molecular complexity index is 113. The van der Waals surface area contributed by atoms with Crippen molar-refractivity contribution in [2.24, 2.45) is 11.3 Å². The number of aldehydes is 1. The summed E-state index contributed by atoms with van der Waals surface area (Å²) in [6, 6.07) is 0. The van der Waals surface area contributed by atoms with E-state index < -0.39 is 0 Å². The van der Waals surface area contributed by atoms with Gasteiger partial charge in [-0.1, -0.05) is 20.8 Å². The highest BCUT2D eigenvalue weighted by Crippen LogP contribution is 2.23. The van der Waals surface area contributed by atoms with E-state index in [9.17, 15) is 4.79 Å². The number of rotatable bonds is 4. The van der Waals surface area contributed by atoms with E-state index in [0.29, 0.717) is 6.61 Å². The molecule has 0 aliphatic rings. The Hall–Kier alpha value is -0.370. The molecule has 0 heterocycles. The number of ether oxygens (including phenoxy) is 1. The Morgan fingerprint density at radius 1 is 1.45 bits per heavy atom. The first kappa shape index (κ1) is 10.6. The van der Waals surface area contributed by atoms with Gasteiger partial charge < -0.3 is 9.53 Å². The summed E-state index contributed by atoms with van der Waals surface area (Å²) in [5, 5.41) is 0. The molecule has 0 aromatic rings. The van der Waals surface area contributed by atoms with Crippen LogP contribution in [0.25, 0.3) is 0 Å². The molecule has 0 aromatic carbocycles. The normalized spacial score (nSPS) is 14.5. The lowest BCUT2D eigenvalue weighted by molar-refractivity contribution is -0.113. The highest BCUT2D eigenvalue weighted by Gasteiger charge is 2.17. The van der Waals surface area contributed by atoms with Crippen LogP contribution in [0.4, 0.5) is 0 Å². The van der Waals surface area contributed by atoms with Gasteiger partial charge in [0, 0.05) is 13.0 Å². The van der Waals surface area contributed by atoms with Gasteiger partial charge in [0.15, 0.2) is 0 Å². The highest BCUT2D eigenvalue weighted by molar-refractivity contribution is 5.53. The van der Waals surface area contributed by atoms with Crippen LogP contribution in [0.1, 0.15) is 27.2 Å². The fourth-order valence-electron chi connectivity index (χ4n) is 1.15. The van der Waals surface area contributed by atoms with E-state index in [-0.39, 0.29) is 11.3 Å². The lowest BCUT2D eigenvalue weighted by Crippen LogP contribution is -2.18. The van der Waals surface area contributed by atoms with Crippen LogP contribution in [0, 0.1) is 11.3 Å². The topological polar surface area (TPSA) is 26.3 Å². The lowest BCUT2D eigenvalue weighted by atomic mass is 9.86. The second-order valence-corrected chi connectivity index (χ2v) is 4.12. The summed E-state index contributed by atoms with van der Waals surface area (Å²) >= 11 is 0. The van der Waals surface area contributed by atoms with E-state index in [4.69, 9.17) is 4.74 Å². The molecule has 0 saturated heterocycles. The number of hydrogen-bond donors (Lipinski definition) is 0. The number of methoxy groups -OCH3 is 1. The van der Waals surface area contributed by atoms with Crippen molar-refractivity contribution < 1.29 is 9.53 Å². The molecule has 0 amide bonds. The molecular formula is C9H18O2. The van der Waals surface area contributed by atoms with Gasteiger partial charge in [0.25, 0.3) is 0 Å². The van der Waals surface area contributed by atoms with Gasteiger partial charge in [0.1, 0.15) is 6.29 Å². The van der Waals surface area contributed by atoms with Crippen LogP contribution in [0.3, 0.4) is 0 Å². The molecular weight excluding hydrogens is 140 g/mol. The molecule has 0 aliphatic heterocycles. The summed E-state index contributed by atoms with van der Waals surface area (Å²) in [6.07, 6.45) is 1.87. The molecule has 0 N–H and O–H groups in total. The van der Waals surface area contributed by atoms with Crippen LogP contribution in [0.15, 0.2) is 0 Å². The molecule has 2 nitrogen and oxygen atoms in total. The fourth-order valence-corrected chi connectivity index (χ4v) is 1.15. The predicted molar refractivity (Wildman–Crippen MR) is 45.5 cm³/mol. The first-order valence-electron chi connectivity index (χ1n) is 3.94. The average molecular weight is 158 g/mol. The van der Waals surface area contributed by atoms with Gasteiger partial charge in [0.2, 0.25) is 0 Å². The standard InChI is InChI=1S/C9H18O2/c1-9(2,3)5-8(6-10)7-11-4/h6,8H,5,7H2,1-4H3. The van der Waals surface area contributed by atoms with Crippen LogP contribution in [-0.2, 0) is 9.53 Å². The minimum absolute atomic E-state index is 0.0556. The van der Waals surface area contributed by atoms with E-state index in [1.807, 2.05) is 0 Å². The maximum absolute atomic E-state index is 10.5. The molecule has 11 heavy (non-hydrogen) atoms. The Labute approximate surface area is 68.9 Å². The van der Waals surface area contributed by atoms with Crippen LogP contribution in [0.5, 0.6) is 0 Å². The van der Waals surface area contributed by atoms with Crippen LogP contribution in [-0.4, -0.2) is 20.0 Å². The summed E-state index contributed by atoms with van der Waals surface area (Å²) in [6.45, 7) is 6.91. The third kappa shape index (κ3) is 6.05. The Kier molecular flexibility index (Phi) is 4.34. The van der Waals surface area contributed by atoms with Crippen LogP contribution >= 0.6 is 0 Å².